The predicted octanol–water partition coefficient (Wildman–Crippen LogP) is -1.34. The third-order valence-electron chi connectivity index (χ3n) is 1.76. The Bertz CT molecular complexity index is 353. The van der Waals surface area contributed by atoms with Crippen molar-refractivity contribution in [2.24, 2.45) is 5.73 Å². The Morgan fingerprint density at radius 2 is 2.33 bits per heavy atom. The summed E-state index contributed by atoms with van der Waals surface area (Å²) in [5.41, 5.74) is 5.25. The second kappa shape index (κ2) is 5.06. The molecule has 4 N–H and O–H groups in total. The number of amides is 2. The molecule has 0 aliphatic heterocycles. The van der Waals surface area contributed by atoms with E-state index in [9.17, 15) is 9.59 Å². The van der Waals surface area contributed by atoms with Crippen LogP contribution in [-0.2, 0) is 4.79 Å². The number of hydrogen-bond donors (Lipinski definition) is 3. The lowest BCUT2D eigenvalue weighted by Gasteiger charge is -2.11. The summed E-state index contributed by atoms with van der Waals surface area (Å²) in [4.78, 5) is 25.9. The van der Waals surface area contributed by atoms with Crippen molar-refractivity contribution < 1.29 is 14.7 Å². The molecule has 1 atom stereocenters. The van der Waals surface area contributed by atoms with Gasteiger partial charge in [0.25, 0.3) is 5.91 Å². The first-order valence-corrected chi connectivity index (χ1v) is 4.26. The third-order valence-corrected chi connectivity index (χ3v) is 1.76. The van der Waals surface area contributed by atoms with E-state index in [4.69, 9.17) is 10.8 Å². The lowest BCUT2D eigenvalue weighted by atomic mass is 10.2. The van der Waals surface area contributed by atoms with E-state index in [1.807, 2.05) is 0 Å². The number of aromatic nitrogens is 1. The Labute approximate surface area is 86.1 Å². The van der Waals surface area contributed by atoms with Gasteiger partial charge in [0.1, 0.15) is 6.04 Å². The average molecular weight is 209 g/mol. The minimum absolute atomic E-state index is 0.303. The molecule has 15 heavy (non-hydrogen) atoms. The number of nitrogens with one attached hydrogen (secondary N) is 1. The molecule has 1 aromatic rings. The van der Waals surface area contributed by atoms with Crippen LogP contribution in [0.25, 0.3) is 0 Å². The summed E-state index contributed by atoms with van der Waals surface area (Å²) in [6.45, 7) is -0.526. The van der Waals surface area contributed by atoms with Crippen molar-refractivity contribution in [2.75, 3.05) is 6.61 Å². The van der Waals surface area contributed by atoms with Gasteiger partial charge in [-0.2, -0.15) is 0 Å². The standard InChI is InChI=1S/C9H11N3O3/c10-8(14)7(5-13)12-9(15)6-2-1-3-11-4-6/h1-4,7,13H,5H2,(H2,10,14)(H,12,15)/t7-/m0/s1. The minimum atomic E-state index is -1.07. The van der Waals surface area contributed by atoms with E-state index < -0.39 is 24.5 Å². The summed E-state index contributed by atoms with van der Waals surface area (Å²) < 4.78 is 0. The number of pyridine rings is 1. The molecule has 0 bridgehead atoms. The lowest BCUT2D eigenvalue weighted by molar-refractivity contribution is -0.120. The van der Waals surface area contributed by atoms with Gasteiger partial charge in [0, 0.05) is 12.4 Å². The van der Waals surface area contributed by atoms with Crippen LogP contribution in [0.1, 0.15) is 10.4 Å². The van der Waals surface area contributed by atoms with Crippen molar-refractivity contribution in [1.82, 2.24) is 10.3 Å². The van der Waals surface area contributed by atoms with Crippen LogP contribution in [0.4, 0.5) is 0 Å². The first-order chi connectivity index (χ1) is 7.15. The van der Waals surface area contributed by atoms with E-state index in [1.165, 1.54) is 18.5 Å². The van der Waals surface area contributed by atoms with Gasteiger partial charge in [0.2, 0.25) is 5.91 Å². The molecule has 1 heterocycles. The van der Waals surface area contributed by atoms with Gasteiger partial charge in [0.05, 0.1) is 12.2 Å². The number of nitrogens with two attached hydrogens (primary N) is 1. The highest BCUT2D eigenvalue weighted by Crippen LogP contribution is 1.96. The van der Waals surface area contributed by atoms with Gasteiger partial charge in [-0.05, 0) is 12.1 Å². The summed E-state index contributed by atoms with van der Waals surface area (Å²) >= 11 is 0. The normalized spacial score (nSPS) is 11.8. The molecule has 0 spiro atoms. The molecule has 2 amide bonds. The molecule has 6 nitrogen and oxygen atoms in total. The number of carbonyl (C=O) groups excluding carboxylic acids is 2. The number of aliphatic hydroxyl groups excluding tert-OH is 1. The molecule has 0 aliphatic rings. The molecule has 0 aliphatic carbocycles. The minimum Gasteiger partial charge on any atom is -0.394 e. The number of primary amides is 1. The molecule has 0 saturated heterocycles. The van der Waals surface area contributed by atoms with Crippen LogP contribution in [0, 0.1) is 0 Å². The number of carbonyl (C=O) groups is 2. The number of rotatable bonds is 4. The highest BCUT2D eigenvalue weighted by molar-refractivity contribution is 5.97. The second-order valence-electron chi connectivity index (χ2n) is 2.85. The predicted molar refractivity (Wildman–Crippen MR) is 51.8 cm³/mol. The molecule has 0 fully saturated rings. The van der Waals surface area contributed by atoms with Gasteiger partial charge in [-0.25, -0.2) is 0 Å². The topological polar surface area (TPSA) is 105 Å². The maximum atomic E-state index is 11.4. The first kappa shape index (κ1) is 11.1. The zero-order valence-corrected chi connectivity index (χ0v) is 7.88. The smallest absolute Gasteiger partial charge is 0.253 e. The summed E-state index contributed by atoms with van der Waals surface area (Å²) in [7, 11) is 0. The quantitative estimate of drug-likeness (QED) is 0.570. The van der Waals surface area contributed by atoms with Crippen LogP contribution in [0.15, 0.2) is 24.5 Å². The third kappa shape index (κ3) is 3.03. The Morgan fingerprint density at radius 3 is 2.80 bits per heavy atom. The highest BCUT2D eigenvalue weighted by atomic mass is 16.3. The Balaban J connectivity index is 2.67. The number of aliphatic hydroxyl groups is 1. The van der Waals surface area contributed by atoms with Crippen molar-refractivity contribution in [1.29, 1.82) is 0 Å². The molecule has 0 saturated carbocycles. The van der Waals surface area contributed by atoms with Gasteiger partial charge in [-0.3, -0.25) is 14.6 Å². The van der Waals surface area contributed by atoms with Crippen molar-refractivity contribution in [3.63, 3.8) is 0 Å². The van der Waals surface area contributed by atoms with Crippen molar-refractivity contribution in [3.8, 4) is 0 Å². The Kier molecular flexibility index (Phi) is 3.75. The van der Waals surface area contributed by atoms with E-state index in [1.54, 1.807) is 6.07 Å². The van der Waals surface area contributed by atoms with Gasteiger partial charge in [0.15, 0.2) is 0 Å². The molecular weight excluding hydrogens is 198 g/mol. The molecular formula is C9H11N3O3. The molecule has 0 unspecified atom stereocenters. The highest BCUT2D eigenvalue weighted by Gasteiger charge is 2.17. The summed E-state index contributed by atoms with van der Waals surface area (Å²) in [6, 6.07) is 2.06. The molecule has 6 heteroatoms. The monoisotopic (exact) mass is 209 g/mol. The average Bonchev–Trinajstić information content (AvgIpc) is 2.26. The molecule has 0 radical (unpaired) electrons. The zero-order chi connectivity index (χ0) is 11.3. The SMILES string of the molecule is NC(=O)[C@H](CO)NC(=O)c1cccnc1. The van der Waals surface area contributed by atoms with E-state index in [0.717, 1.165) is 0 Å². The second-order valence-corrected chi connectivity index (χ2v) is 2.85. The van der Waals surface area contributed by atoms with Crippen LogP contribution >= 0.6 is 0 Å². The van der Waals surface area contributed by atoms with Crippen molar-refractivity contribution in [2.45, 2.75) is 6.04 Å². The van der Waals surface area contributed by atoms with Crippen LogP contribution in [0.5, 0.6) is 0 Å². The zero-order valence-electron chi connectivity index (χ0n) is 7.88. The van der Waals surface area contributed by atoms with Gasteiger partial charge >= 0.3 is 0 Å². The maximum absolute atomic E-state index is 11.4. The van der Waals surface area contributed by atoms with E-state index >= 15 is 0 Å². The first-order valence-electron chi connectivity index (χ1n) is 4.26. The Hall–Kier alpha value is -1.95. The van der Waals surface area contributed by atoms with Crippen molar-refractivity contribution in [3.05, 3.63) is 30.1 Å². The number of hydrogen-bond acceptors (Lipinski definition) is 4. The fraction of sp³-hybridized carbons (Fsp3) is 0.222. The molecule has 1 aromatic heterocycles. The van der Waals surface area contributed by atoms with Crippen molar-refractivity contribution >= 4 is 11.8 Å². The van der Waals surface area contributed by atoms with Crippen LogP contribution < -0.4 is 11.1 Å². The summed E-state index contributed by atoms with van der Waals surface area (Å²) in [5, 5.41) is 11.0. The van der Waals surface area contributed by atoms with Crippen LogP contribution in [0.2, 0.25) is 0 Å². The van der Waals surface area contributed by atoms with E-state index in [-0.39, 0.29) is 0 Å². The lowest BCUT2D eigenvalue weighted by Crippen LogP contribution is -2.46. The fourth-order valence-corrected chi connectivity index (χ4v) is 0.945. The van der Waals surface area contributed by atoms with Crippen LogP contribution in [0.3, 0.4) is 0 Å². The van der Waals surface area contributed by atoms with Gasteiger partial charge in [-0.15, -0.1) is 0 Å². The summed E-state index contributed by atoms with van der Waals surface area (Å²) in [6.07, 6.45) is 2.87. The van der Waals surface area contributed by atoms with E-state index in [0.29, 0.717) is 5.56 Å². The molecule has 1 rings (SSSR count). The van der Waals surface area contributed by atoms with Gasteiger partial charge < -0.3 is 16.2 Å². The molecule has 80 valence electrons. The number of nitrogens with zero attached hydrogens (tertiary/aromatic N) is 1. The van der Waals surface area contributed by atoms with Gasteiger partial charge in [-0.1, -0.05) is 0 Å². The van der Waals surface area contributed by atoms with E-state index in [2.05, 4.69) is 10.3 Å². The van der Waals surface area contributed by atoms with Crippen LogP contribution in [-0.4, -0.2) is 34.6 Å². The molecule has 0 aromatic carbocycles. The summed E-state index contributed by atoms with van der Waals surface area (Å²) in [5.74, 6) is -1.28. The Morgan fingerprint density at radius 1 is 1.60 bits per heavy atom. The largest absolute Gasteiger partial charge is 0.394 e. The fourth-order valence-electron chi connectivity index (χ4n) is 0.945. The maximum Gasteiger partial charge on any atom is 0.253 e.